The minimum absolute atomic E-state index is 0.0536. The van der Waals surface area contributed by atoms with Crippen molar-refractivity contribution in [2.75, 3.05) is 6.54 Å². The maximum Gasteiger partial charge on any atom is 0.272 e. The van der Waals surface area contributed by atoms with Gasteiger partial charge in [0, 0.05) is 24.8 Å². The number of nitrogens with zero attached hydrogens (tertiary/aromatic N) is 1. The number of carbonyl (C=O) groups excluding carboxylic acids is 1. The number of halogens is 2. The number of aliphatic hydroxyl groups excluding tert-OH is 1. The maximum atomic E-state index is 13.6. The summed E-state index contributed by atoms with van der Waals surface area (Å²) in [6.07, 6.45) is -0.0148. The summed E-state index contributed by atoms with van der Waals surface area (Å²) in [7, 11) is 0. The molecule has 2 atom stereocenters. The second-order valence-corrected chi connectivity index (χ2v) is 7.87. The van der Waals surface area contributed by atoms with E-state index in [0.717, 1.165) is 23.7 Å². The van der Waals surface area contributed by atoms with Crippen LogP contribution in [0.25, 0.3) is 0 Å². The van der Waals surface area contributed by atoms with Gasteiger partial charge in [-0.15, -0.1) is 0 Å². The molecule has 0 bridgehead atoms. The summed E-state index contributed by atoms with van der Waals surface area (Å²) < 4.78 is 27.3. The van der Waals surface area contributed by atoms with Gasteiger partial charge >= 0.3 is 0 Å². The van der Waals surface area contributed by atoms with E-state index in [2.05, 4.69) is 39.9 Å². The number of rotatable bonds is 10. The van der Waals surface area contributed by atoms with Crippen molar-refractivity contribution in [3.8, 4) is 0 Å². The van der Waals surface area contributed by atoms with Gasteiger partial charge in [0.1, 0.15) is 17.3 Å². The molecule has 0 aliphatic heterocycles. The molecule has 0 saturated heterocycles. The summed E-state index contributed by atoms with van der Waals surface area (Å²) in [5, 5.41) is 23.3. The van der Waals surface area contributed by atoms with Crippen LogP contribution in [0, 0.1) is 18.6 Å². The molecule has 4 N–H and O–H groups in total. The van der Waals surface area contributed by atoms with Crippen LogP contribution in [0.5, 0.6) is 0 Å². The fourth-order valence-corrected chi connectivity index (χ4v) is 3.51. The highest BCUT2D eigenvalue weighted by Crippen LogP contribution is 2.13. The molecule has 0 aliphatic carbocycles. The lowest BCUT2D eigenvalue weighted by Crippen LogP contribution is -2.48. The Bertz CT molecular complexity index is 1030. The molecule has 3 rings (SSSR count). The van der Waals surface area contributed by atoms with Crippen molar-refractivity contribution in [2.24, 2.45) is 0 Å². The third-order valence-electron chi connectivity index (χ3n) is 5.18. The van der Waals surface area contributed by atoms with Gasteiger partial charge in [0.15, 0.2) is 0 Å². The third-order valence-corrected chi connectivity index (χ3v) is 5.18. The third kappa shape index (κ3) is 6.70. The van der Waals surface area contributed by atoms with E-state index >= 15 is 0 Å². The number of H-pyrrole nitrogens is 1. The van der Waals surface area contributed by atoms with Crippen molar-refractivity contribution >= 4 is 5.91 Å². The molecule has 0 unspecified atom stereocenters. The fourth-order valence-electron chi connectivity index (χ4n) is 3.51. The monoisotopic (exact) mass is 442 g/mol. The number of aliphatic hydroxyl groups is 1. The zero-order valence-electron chi connectivity index (χ0n) is 18.2. The number of benzene rings is 2. The highest BCUT2D eigenvalue weighted by Gasteiger charge is 2.24. The van der Waals surface area contributed by atoms with Crippen molar-refractivity contribution < 1.29 is 18.7 Å². The van der Waals surface area contributed by atoms with Crippen LogP contribution < -0.4 is 10.6 Å². The molecule has 8 heteroatoms. The zero-order valence-corrected chi connectivity index (χ0v) is 18.2. The van der Waals surface area contributed by atoms with Crippen LogP contribution in [-0.2, 0) is 19.4 Å². The van der Waals surface area contributed by atoms with E-state index < -0.39 is 29.7 Å². The van der Waals surface area contributed by atoms with E-state index in [1.54, 1.807) is 13.0 Å². The summed E-state index contributed by atoms with van der Waals surface area (Å²) in [5.41, 5.74) is 3.53. The molecule has 1 heterocycles. The van der Waals surface area contributed by atoms with Crippen LogP contribution in [0.4, 0.5) is 8.78 Å². The number of carbonyl (C=O) groups is 1. The molecular formula is C24H28F2N4O2. The van der Waals surface area contributed by atoms with E-state index in [1.807, 2.05) is 12.1 Å². The van der Waals surface area contributed by atoms with Gasteiger partial charge < -0.3 is 15.7 Å². The number of hydrogen-bond acceptors (Lipinski definition) is 4. The molecule has 6 nitrogen and oxygen atoms in total. The highest BCUT2D eigenvalue weighted by atomic mass is 19.1. The summed E-state index contributed by atoms with van der Waals surface area (Å²) in [6, 6.07) is 12.1. The number of amides is 1. The summed E-state index contributed by atoms with van der Waals surface area (Å²) in [5.74, 6) is -1.90. The number of aryl methyl sites for hydroxylation is 2. The predicted octanol–water partition coefficient (Wildman–Crippen LogP) is 3.05. The molecular weight excluding hydrogens is 414 g/mol. The summed E-state index contributed by atoms with van der Waals surface area (Å²) in [4.78, 5) is 12.6. The topological polar surface area (TPSA) is 90.0 Å². The SMILES string of the molecule is CCc1cccc(CNC[C@H](O)[C@H](Cc2cc(F)cc(F)c2)NC(=O)c2cc(C)[nH]n2)c1. The van der Waals surface area contributed by atoms with Crippen LogP contribution in [0.15, 0.2) is 48.5 Å². The minimum atomic E-state index is -1.00. The van der Waals surface area contributed by atoms with Gasteiger partial charge in [-0.2, -0.15) is 5.10 Å². The largest absolute Gasteiger partial charge is 0.390 e. The first-order chi connectivity index (χ1) is 15.3. The lowest BCUT2D eigenvalue weighted by Gasteiger charge is -2.24. The molecule has 32 heavy (non-hydrogen) atoms. The second-order valence-electron chi connectivity index (χ2n) is 7.87. The van der Waals surface area contributed by atoms with Crippen molar-refractivity contribution in [3.63, 3.8) is 0 Å². The molecule has 1 amide bonds. The smallest absolute Gasteiger partial charge is 0.272 e. The average molecular weight is 443 g/mol. The van der Waals surface area contributed by atoms with Gasteiger partial charge in [0.2, 0.25) is 0 Å². The molecule has 1 aromatic heterocycles. The van der Waals surface area contributed by atoms with Gasteiger partial charge in [0.25, 0.3) is 5.91 Å². The first kappa shape index (κ1) is 23.6. The van der Waals surface area contributed by atoms with E-state index in [0.29, 0.717) is 12.1 Å². The van der Waals surface area contributed by atoms with Gasteiger partial charge in [-0.25, -0.2) is 8.78 Å². The molecule has 0 radical (unpaired) electrons. The Morgan fingerprint density at radius 1 is 1.09 bits per heavy atom. The lowest BCUT2D eigenvalue weighted by atomic mass is 10.00. The van der Waals surface area contributed by atoms with Crippen molar-refractivity contribution in [1.82, 2.24) is 20.8 Å². The van der Waals surface area contributed by atoms with Gasteiger partial charge in [-0.05, 0) is 54.7 Å². The summed E-state index contributed by atoms with van der Waals surface area (Å²) in [6.45, 7) is 4.57. The maximum absolute atomic E-state index is 13.6. The van der Waals surface area contributed by atoms with Gasteiger partial charge in [0.05, 0.1) is 12.1 Å². The Hall–Kier alpha value is -3.10. The van der Waals surface area contributed by atoms with Crippen molar-refractivity contribution in [2.45, 2.75) is 45.4 Å². The van der Waals surface area contributed by atoms with E-state index in [9.17, 15) is 18.7 Å². The molecule has 0 fully saturated rings. The lowest BCUT2D eigenvalue weighted by molar-refractivity contribution is 0.0825. The van der Waals surface area contributed by atoms with Gasteiger partial charge in [-0.3, -0.25) is 9.89 Å². The molecule has 2 aromatic carbocycles. The van der Waals surface area contributed by atoms with Gasteiger partial charge in [-0.1, -0.05) is 31.2 Å². The van der Waals surface area contributed by atoms with Crippen LogP contribution in [0.1, 0.15) is 39.8 Å². The van der Waals surface area contributed by atoms with Crippen molar-refractivity contribution in [3.05, 3.63) is 88.2 Å². The van der Waals surface area contributed by atoms with Crippen LogP contribution in [-0.4, -0.2) is 39.9 Å². The standard InChI is InChI=1S/C24H28F2N4O2/c1-3-16-5-4-6-17(8-16)13-27-14-23(31)21(11-18-9-19(25)12-20(26)10-18)28-24(32)22-7-15(2)29-30-22/h4-10,12,21,23,27,31H,3,11,13-14H2,1-2H3,(H,28,32)(H,29,30)/t21-,23-/m0/s1. The molecule has 0 saturated carbocycles. The Morgan fingerprint density at radius 2 is 1.81 bits per heavy atom. The normalized spacial score (nSPS) is 13.0. The molecule has 0 spiro atoms. The van der Waals surface area contributed by atoms with E-state index in [4.69, 9.17) is 0 Å². The van der Waals surface area contributed by atoms with Crippen LogP contribution in [0.2, 0.25) is 0 Å². The van der Waals surface area contributed by atoms with Crippen LogP contribution in [0.3, 0.4) is 0 Å². The molecule has 3 aromatic rings. The Morgan fingerprint density at radius 3 is 2.47 bits per heavy atom. The molecule has 0 aliphatic rings. The zero-order chi connectivity index (χ0) is 23.1. The first-order valence-corrected chi connectivity index (χ1v) is 10.6. The van der Waals surface area contributed by atoms with E-state index in [1.165, 1.54) is 17.7 Å². The average Bonchev–Trinajstić information content (AvgIpc) is 3.19. The summed E-state index contributed by atoms with van der Waals surface area (Å²) >= 11 is 0. The number of hydrogen-bond donors (Lipinski definition) is 4. The minimum Gasteiger partial charge on any atom is -0.390 e. The van der Waals surface area contributed by atoms with Crippen molar-refractivity contribution in [1.29, 1.82) is 0 Å². The van der Waals surface area contributed by atoms with E-state index in [-0.39, 0.29) is 18.7 Å². The van der Waals surface area contributed by atoms with Crippen LogP contribution >= 0.6 is 0 Å². The highest BCUT2D eigenvalue weighted by molar-refractivity contribution is 5.92. The first-order valence-electron chi connectivity index (χ1n) is 10.6. The Kier molecular flexibility index (Phi) is 8.08. The predicted molar refractivity (Wildman–Crippen MR) is 118 cm³/mol. The fraction of sp³-hybridized carbons (Fsp3) is 0.333. The Labute approximate surface area is 186 Å². The number of aromatic nitrogens is 2. The second kappa shape index (κ2) is 11.0. The quantitative estimate of drug-likeness (QED) is 0.389. The number of aromatic amines is 1. The molecule has 170 valence electrons. The number of nitrogens with one attached hydrogen (secondary N) is 3. The Balaban J connectivity index is 1.68.